The first-order valence-electron chi connectivity index (χ1n) is 9.82. The molecule has 0 aliphatic carbocycles. The highest BCUT2D eigenvalue weighted by molar-refractivity contribution is 5.33. The van der Waals surface area contributed by atoms with E-state index in [0.29, 0.717) is 18.7 Å². The summed E-state index contributed by atoms with van der Waals surface area (Å²) in [5, 5.41) is 0. The summed E-state index contributed by atoms with van der Waals surface area (Å²) in [5.41, 5.74) is 1.28. The lowest BCUT2D eigenvalue weighted by Gasteiger charge is -2.43. The van der Waals surface area contributed by atoms with E-state index in [1.165, 1.54) is 12.0 Å². The zero-order valence-electron chi connectivity index (χ0n) is 16.3. The summed E-state index contributed by atoms with van der Waals surface area (Å²) in [4.78, 5) is 9.29. The molecule has 1 aromatic carbocycles. The molecule has 2 aromatic rings. The van der Waals surface area contributed by atoms with E-state index < -0.39 is 0 Å². The predicted octanol–water partition coefficient (Wildman–Crippen LogP) is 3.27. The molecule has 0 radical (unpaired) electrons. The van der Waals surface area contributed by atoms with Gasteiger partial charge in [-0.25, -0.2) is 4.98 Å². The molecule has 26 heavy (non-hydrogen) atoms. The van der Waals surface area contributed by atoms with Crippen molar-refractivity contribution in [3.8, 4) is 5.75 Å². The molecule has 0 spiro atoms. The summed E-state index contributed by atoms with van der Waals surface area (Å²) in [6.07, 6.45) is 6.80. The molecule has 1 saturated heterocycles. The van der Waals surface area contributed by atoms with Gasteiger partial charge in [-0.1, -0.05) is 25.1 Å². The summed E-state index contributed by atoms with van der Waals surface area (Å²) in [6.45, 7) is 12.8. The molecule has 5 heteroatoms. The number of hydrogen-bond donors (Lipinski definition) is 0. The van der Waals surface area contributed by atoms with Crippen molar-refractivity contribution >= 4 is 0 Å². The van der Waals surface area contributed by atoms with Gasteiger partial charge in [-0.05, 0) is 26.3 Å². The van der Waals surface area contributed by atoms with Crippen LogP contribution in [0.4, 0.5) is 0 Å². The fraction of sp³-hybridized carbons (Fsp3) is 0.571. The van der Waals surface area contributed by atoms with Crippen LogP contribution in [0.5, 0.6) is 5.75 Å². The molecule has 0 bridgehead atoms. The molecule has 1 aromatic heterocycles. The van der Waals surface area contributed by atoms with Gasteiger partial charge in [0.2, 0.25) is 0 Å². The monoisotopic (exact) mass is 356 g/mol. The Labute approximate surface area is 157 Å². The third-order valence-electron chi connectivity index (χ3n) is 5.28. The van der Waals surface area contributed by atoms with Crippen molar-refractivity contribution in [1.82, 2.24) is 19.4 Å². The Balaban J connectivity index is 1.57. The number of rotatable bonds is 8. The molecular weight excluding hydrogens is 324 g/mol. The zero-order valence-corrected chi connectivity index (χ0v) is 16.3. The van der Waals surface area contributed by atoms with Gasteiger partial charge in [-0.2, -0.15) is 0 Å². The maximum atomic E-state index is 6.08. The van der Waals surface area contributed by atoms with E-state index in [4.69, 9.17) is 4.74 Å². The minimum Gasteiger partial charge on any atom is -0.491 e. The Bertz CT molecular complexity index is 656. The van der Waals surface area contributed by atoms with E-state index in [9.17, 15) is 0 Å². The maximum absolute atomic E-state index is 6.08. The third-order valence-corrected chi connectivity index (χ3v) is 5.28. The number of ether oxygens (including phenoxy) is 1. The van der Waals surface area contributed by atoms with Crippen LogP contribution in [-0.2, 0) is 13.1 Å². The molecule has 1 aliphatic rings. The number of nitrogens with zero attached hydrogens (tertiary/aromatic N) is 4. The molecule has 0 unspecified atom stereocenters. The standard InChI is InChI=1S/C21H32N4O/c1-4-20-16-24(11-12-25(20)18(2)3)15-19-7-5-6-8-21(19)26-14-13-23-10-9-22-17-23/h5-10,17-18,20H,4,11-16H2,1-3H3/t20-/m0/s1. The van der Waals surface area contributed by atoms with Crippen molar-refractivity contribution in [1.29, 1.82) is 0 Å². The Hall–Kier alpha value is -1.85. The Morgan fingerprint density at radius 2 is 2.08 bits per heavy atom. The minimum atomic E-state index is 0.626. The molecule has 1 aliphatic heterocycles. The lowest BCUT2D eigenvalue weighted by Crippen LogP contribution is -2.54. The average molecular weight is 357 g/mol. The summed E-state index contributed by atoms with van der Waals surface area (Å²) >= 11 is 0. The molecule has 3 rings (SSSR count). The van der Waals surface area contributed by atoms with Crippen molar-refractivity contribution in [3.63, 3.8) is 0 Å². The number of imidazole rings is 1. The van der Waals surface area contributed by atoms with Crippen LogP contribution in [0, 0.1) is 0 Å². The Kier molecular flexibility index (Phi) is 6.69. The van der Waals surface area contributed by atoms with Crippen LogP contribution in [0.2, 0.25) is 0 Å². The van der Waals surface area contributed by atoms with E-state index in [1.807, 2.05) is 17.1 Å². The molecule has 0 N–H and O–H groups in total. The van der Waals surface area contributed by atoms with Crippen molar-refractivity contribution < 1.29 is 4.74 Å². The van der Waals surface area contributed by atoms with E-state index in [2.05, 4.69) is 59.8 Å². The molecule has 1 fully saturated rings. The van der Waals surface area contributed by atoms with Crippen LogP contribution in [0.25, 0.3) is 0 Å². The molecule has 2 heterocycles. The first kappa shape index (κ1) is 18.9. The topological polar surface area (TPSA) is 33.5 Å². The van der Waals surface area contributed by atoms with Crippen LogP contribution in [-0.4, -0.2) is 57.7 Å². The van der Waals surface area contributed by atoms with Crippen LogP contribution in [0.3, 0.4) is 0 Å². The SMILES string of the molecule is CC[C@H]1CN(Cc2ccccc2OCCn2ccnc2)CCN1C(C)C. The number of benzene rings is 1. The van der Waals surface area contributed by atoms with Crippen molar-refractivity contribution in [2.24, 2.45) is 0 Å². The Morgan fingerprint density at radius 1 is 1.23 bits per heavy atom. The number of hydrogen-bond acceptors (Lipinski definition) is 4. The van der Waals surface area contributed by atoms with Crippen molar-refractivity contribution in [3.05, 3.63) is 48.5 Å². The van der Waals surface area contributed by atoms with E-state index in [0.717, 1.165) is 38.5 Å². The van der Waals surface area contributed by atoms with Crippen LogP contribution in [0.1, 0.15) is 32.8 Å². The number of piperazine rings is 1. The van der Waals surface area contributed by atoms with Gasteiger partial charge in [0, 0.05) is 56.2 Å². The molecule has 1 atom stereocenters. The smallest absolute Gasteiger partial charge is 0.123 e. The lowest BCUT2D eigenvalue weighted by molar-refractivity contribution is 0.0452. The predicted molar refractivity (Wildman–Crippen MR) is 105 cm³/mol. The molecule has 142 valence electrons. The highest BCUT2D eigenvalue weighted by Crippen LogP contribution is 2.23. The molecule has 5 nitrogen and oxygen atoms in total. The van der Waals surface area contributed by atoms with Crippen molar-refractivity contribution in [2.75, 3.05) is 26.2 Å². The number of aromatic nitrogens is 2. The quantitative estimate of drug-likeness (QED) is 0.727. The van der Waals surface area contributed by atoms with Crippen LogP contribution >= 0.6 is 0 Å². The second-order valence-corrected chi connectivity index (χ2v) is 7.39. The van der Waals surface area contributed by atoms with E-state index in [1.54, 1.807) is 6.20 Å². The fourth-order valence-corrected chi connectivity index (χ4v) is 3.82. The fourth-order valence-electron chi connectivity index (χ4n) is 3.82. The molecular formula is C21H32N4O. The van der Waals surface area contributed by atoms with Gasteiger partial charge in [-0.3, -0.25) is 9.80 Å². The first-order chi connectivity index (χ1) is 12.7. The normalized spacial score (nSPS) is 19.2. The van der Waals surface area contributed by atoms with Crippen molar-refractivity contribution in [2.45, 2.75) is 52.4 Å². The first-order valence-corrected chi connectivity index (χ1v) is 9.82. The summed E-state index contributed by atoms with van der Waals surface area (Å²) in [7, 11) is 0. The van der Waals surface area contributed by atoms with Crippen LogP contribution in [0.15, 0.2) is 43.0 Å². The summed E-state index contributed by atoms with van der Waals surface area (Å²) in [5.74, 6) is 1.01. The zero-order chi connectivity index (χ0) is 18.4. The lowest BCUT2D eigenvalue weighted by atomic mass is 10.1. The molecule has 0 amide bonds. The number of para-hydroxylation sites is 1. The average Bonchev–Trinajstić information content (AvgIpc) is 3.16. The highest BCUT2D eigenvalue weighted by atomic mass is 16.5. The molecule has 0 saturated carbocycles. The largest absolute Gasteiger partial charge is 0.491 e. The summed E-state index contributed by atoms with van der Waals surface area (Å²) < 4.78 is 8.12. The van der Waals surface area contributed by atoms with E-state index >= 15 is 0 Å². The second-order valence-electron chi connectivity index (χ2n) is 7.39. The third kappa shape index (κ3) is 4.86. The van der Waals surface area contributed by atoms with Gasteiger partial charge < -0.3 is 9.30 Å². The van der Waals surface area contributed by atoms with Crippen LogP contribution < -0.4 is 4.74 Å². The van der Waals surface area contributed by atoms with Gasteiger partial charge in [0.1, 0.15) is 12.4 Å². The maximum Gasteiger partial charge on any atom is 0.123 e. The summed E-state index contributed by atoms with van der Waals surface area (Å²) in [6, 6.07) is 9.73. The van der Waals surface area contributed by atoms with Gasteiger partial charge >= 0.3 is 0 Å². The van der Waals surface area contributed by atoms with Gasteiger partial charge in [0.15, 0.2) is 0 Å². The highest BCUT2D eigenvalue weighted by Gasteiger charge is 2.27. The van der Waals surface area contributed by atoms with E-state index in [-0.39, 0.29) is 0 Å². The second kappa shape index (κ2) is 9.19. The van der Waals surface area contributed by atoms with Gasteiger partial charge in [-0.15, -0.1) is 0 Å². The minimum absolute atomic E-state index is 0.626. The van der Waals surface area contributed by atoms with Gasteiger partial charge in [0.25, 0.3) is 0 Å². The Morgan fingerprint density at radius 3 is 2.81 bits per heavy atom. The van der Waals surface area contributed by atoms with Gasteiger partial charge in [0.05, 0.1) is 12.9 Å².